The van der Waals surface area contributed by atoms with Crippen LogP contribution in [-0.4, -0.2) is 16.3 Å². The first-order valence-electron chi connectivity index (χ1n) is 6.73. The van der Waals surface area contributed by atoms with Crippen LogP contribution in [0.2, 0.25) is 0 Å². The molecule has 0 saturated carbocycles. The minimum absolute atomic E-state index is 0.300. The summed E-state index contributed by atoms with van der Waals surface area (Å²) in [6, 6.07) is 5.12. The normalized spacial score (nSPS) is 13.4. The summed E-state index contributed by atoms with van der Waals surface area (Å²) in [5.41, 5.74) is 1.65. The fourth-order valence-electron chi connectivity index (χ4n) is 2.41. The summed E-state index contributed by atoms with van der Waals surface area (Å²) in [5.74, 6) is 0. The maximum absolute atomic E-state index is 12.9. The Morgan fingerprint density at radius 1 is 1.33 bits per heavy atom. The van der Waals surface area contributed by atoms with Crippen molar-refractivity contribution in [2.45, 2.75) is 26.1 Å². The Morgan fingerprint density at radius 3 is 2.57 bits per heavy atom. The molecule has 21 heavy (non-hydrogen) atoms. The number of hydrogen-bond acceptors (Lipinski definition) is 2. The van der Waals surface area contributed by atoms with Crippen LogP contribution in [0.1, 0.15) is 35.3 Å². The van der Waals surface area contributed by atoms with Crippen molar-refractivity contribution in [3.8, 4) is 0 Å². The van der Waals surface area contributed by atoms with Gasteiger partial charge >= 0.3 is 6.18 Å². The average molecular weight is 297 g/mol. The highest BCUT2D eigenvalue weighted by Crippen LogP contribution is 2.32. The van der Waals surface area contributed by atoms with Gasteiger partial charge in [-0.15, -0.1) is 0 Å². The SMILES string of the molecule is CCNC(c1cccc(C(F)(F)F)c1)c1cn(C)nc1C. The summed E-state index contributed by atoms with van der Waals surface area (Å²) < 4.78 is 40.3. The van der Waals surface area contributed by atoms with E-state index in [2.05, 4.69) is 10.4 Å². The van der Waals surface area contributed by atoms with Gasteiger partial charge in [0.05, 0.1) is 17.3 Å². The van der Waals surface area contributed by atoms with Crippen molar-refractivity contribution in [1.29, 1.82) is 0 Å². The quantitative estimate of drug-likeness (QED) is 0.937. The van der Waals surface area contributed by atoms with Gasteiger partial charge in [0.1, 0.15) is 0 Å². The third kappa shape index (κ3) is 3.44. The lowest BCUT2D eigenvalue weighted by Crippen LogP contribution is -2.22. The van der Waals surface area contributed by atoms with Gasteiger partial charge in [0.2, 0.25) is 0 Å². The summed E-state index contributed by atoms with van der Waals surface area (Å²) in [6.45, 7) is 4.43. The molecule has 0 bridgehead atoms. The van der Waals surface area contributed by atoms with E-state index in [-0.39, 0.29) is 6.04 Å². The molecular weight excluding hydrogens is 279 g/mol. The molecule has 0 fully saturated rings. The highest BCUT2D eigenvalue weighted by Gasteiger charge is 2.31. The van der Waals surface area contributed by atoms with Crippen molar-refractivity contribution in [3.63, 3.8) is 0 Å². The van der Waals surface area contributed by atoms with E-state index in [0.717, 1.165) is 17.3 Å². The first kappa shape index (κ1) is 15.6. The van der Waals surface area contributed by atoms with Gasteiger partial charge in [-0.3, -0.25) is 4.68 Å². The molecule has 0 aliphatic carbocycles. The van der Waals surface area contributed by atoms with Crippen LogP contribution in [0.15, 0.2) is 30.5 Å². The van der Waals surface area contributed by atoms with Crippen LogP contribution in [0, 0.1) is 6.92 Å². The van der Waals surface area contributed by atoms with Crippen LogP contribution >= 0.6 is 0 Å². The molecule has 1 atom stereocenters. The van der Waals surface area contributed by atoms with Gasteiger partial charge in [0.15, 0.2) is 0 Å². The molecule has 6 heteroatoms. The fourth-order valence-corrected chi connectivity index (χ4v) is 2.41. The minimum atomic E-state index is -4.34. The number of aromatic nitrogens is 2. The van der Waals surface area contributed by atoms with Crippen molar-refractivity contribution < 1.29 is 13.2 Å². The third-order valence-electron chi connectivity index (χ3n) is 3.32. The largest absolute Gasteiger partial charge is 0.416 e. The summed E-state index contributed by atoms with van der Waals surface area (Å²) in [6.07, 6.45) is -2.50. The Labute approximate surface area is 121 Å². The summed E-state index contributed by atoms with van der Waals surface area (Å²) in [5, 5.41) is 7.49. The number of benzene rings is 1. The molecule has 1 N–H and O–H groups in total. The second kappa shape index (κ2) is 5.89. The van der Waals surface area contributed by atoms with E-state index in [1.807, 2.05) is 20.0 Å². The molecule has 114 valence electrons. The van der Waals surface area contributed by atoms with Crippen molar-refractivity contribution in [2.75, 3.05) is 6.54 Å². The lowest BCUT2D eigenvalue weighted by Gasteiger charge is -2.19. The lowest BCUT2D eigenvalue weighted by atomic mass is 9.97. The monoisotopic (exact) mass is 297 g/mol. The van der Waals surface area contributed by atoms with Crippen LogP contribution in [0.25, 0.3) is 0 Å². The molecule has 0 saturated heterocycles. The van der Waals surface area contributed by atoms with E-state index in [4.69, 9.17) is 0 Å². The van der Waals surface area contributed by atoms with Gasteiger partial charge in [-0.05, 0) is 31.2 Å². The minimum Gasteiger partial charge on any atom is -0.306 e. The van der Waals surface area contributed by atoms with Crippen molar-refractivity contribution >= 4 is 0 Å². The van der Waals surface area contributed by atoms with E-state index in [0.29, 0.717) is 12.1 Å². The van der Waals surface area contributed by atoms with Crippen LogP contribution in [0.4, 0.5) is 13.2 Å². The molecule has 2 aromatic rings. The Hall–Kier alpha value is -1.82. The Bertz CT molecular complexity index is 617. The first-order valence-corrected chi connectivity index (χ1v) is 6.73. The number of halogens is 3. The first-order chi connectivity index (χ1) is 9.82. The van der Waals surface area contributed by atoms with Gasteiger partial charge in [0.25, 0.3) is 0 Å². The summed E-state index contributed by atoms with van der Waals surface area (Å²) >= 11 is 0. The van der Waals surface area contributed by atoms with Crippen molar-refractivity contribution in [1.82, 2.24) is 15.1 Å². The Kier molecular flexibility index (Phi) is 4.37. The number of rotatable bonds is 4. The number of nitrogens with one attached hydrogen (secondary N) is 1. The van der Waals surface area contributed by atoms with E-state index >= 15 is 0 Å². The maximum Gasteiger partial charge on any atom is 0.416 e. The smallest absolute Gasteiger partial charge is 0.306 e. The van der Waals surface area contributed by atoms with Crippen LogP contribution in [-0.2, 0) is 13.2 Å². The van der Waals surface area contributed by atoms with E-state index in [1.165, 1.54) is 12.1 Å². The third-order valence-corrected chi connectivity index (χ3v) is 3.32. The summed E-state index contributed by atoms with van der Waals surface area (Å²) in [4.78, 5) is 0. The molecule has 3 nitrogen and oxygen atoms in total. The lowest BCUT2D eigenvalue weighted by molar-refractivity contribution is -0.137. The predicted molar refractivity (Wildman–Crippen MR) is 74.9 cm³/mol. The topological polar surface area (TPSA) is 29.9 Å². The van der Waals surface area contributed by atoms with Gasteiger partial charge < -0.3 is 5.32 Å². The zero-order valence-electron chi connectivity index (χ0n) is 12.2. The number of hydrogen-bond donors (Lipinski definition) is 1. The molecule has 2 rings (SSSR count). The van der Waals surface area contributed by atoms with Gasteiger partial charge in [0, 0.05) is 18.8 Å². The Balaban J connectivity index is 2.46. The molecule has 0 spiro atoms. The van der Waals surface area contributed by atoms with Gasteiger partial charge in [-0.1, -0.05) is 19.1 Å². The molecule has 1 unspecified atom stereocenters. The molecule has 0 aliphatic heterocycles. The molecular formula is C15H18F3N3. The van der Waals surface area contributed by atoms with Crippen molar-refractivity contribution in [3.05, 3.63) is 52.8 Å². The Morgan fingerprint density at radius 2 is 2.05 bits per heavy atom. The van der Waals surface area contributed by atoms with Crippen LogP contribution < -0.4 is 5.32 Å². The standard InChI is InChI=1S/C15H18F3N3/c1-4-19-14(13-9-21(3)20-10(13)2)11-6-5-7-12(8-11)15(16,17)18/h5-9,14,19H,4H2,1-3H3. The zero-order valence-corrected chi connectivity index (χ0v) is 12.2. The van der Waals surface area contributed by atoms with Gasteiger partial charge in [-0.2, -0.15) is 18.3 Å². The van der Waals surface area contributed by atoms with Gasteiger partial charge in [-0.25, -0.2) is 0 Å². The number of aryl methyl sites for hydroxylation is 2. The zero-order chi connectivity index (χ0) is 15.6. The average Bonchev–Trinajstić information content (AvgIpc) is 2.74. The molecule has 0 aliphatic rings. The number of nitrogens with zero attached hydrogens (tertiary/aromatic N) is 2. The van der Waals surface area contributed by atoms with E-state index in [9.17, 15) is 13.2 Å². The van der Waals surface area contributed by atoms with E-state index < -0.39 is 11.7 Å². The molecule has 1 aromatic heterocycles. The summed E-state index contributed by atoms with van der Waals surface area (Å²) in [7, 11) is 1.80. The second-order valence-electron chi connectivity index (χ2n) is 4.96. The fraction of sp³-hybridized carbons (Fsp3) is 0.400. The van der Waals surface area contributed by atoms with Crippen LogP contribution in [0.5, 0.6) is 0 Å². The number of alkyl halides is 3. The molecule has 1 aromatic carbocycles. The van der Waals surface area contributed by atoms with Crippen molar-refractivity contribution in [2.24, 2.45) is 7.05 Å². The molecule has 0 amide bonds. The molecule has 0 radical (unpaired) electrons. The predicted octanol–water partition coefficient (Wildman–Crippen LogP) is 3.45. The highest BCUT2D eigenvalue weighted by molar-refractivity contribution is 5.36. The second-order valence-corrected chi connectivity index (χ2v) is 4.96. The van der Waals surface area contributed by atoms with Crippen LogP contribution in [0.3, 0.4) is 0 Å². The van der Waals surface area contributed by atoms with E-state index in [1.54, 1.807) is 17.8 Å². The molecule has 1 heterocycles. The maximum atomic E-state index is 12.9. The highest BCUT2D eigenvalue weighted by atomic mass is 19.4.